The maximum Gasteiger partial charge on any atom is 0.264 e. The highest BCUT2D eigenvalue weighted by molar-refractivity contribution is 14.1. The second kappa shape index (κ2) is 6.37. The number of thioether (sulfide) groups is 1. The lowest BCUT2D eigenvalue weighted by atomic mass is 10.3. The van der Waals surface area contributed by atoms with E-state index in [2.05, 4.69) is 48.8 Å². The van der Waals surface area contributed by atoms with E-state index in [-0.39, 0.29) is 5.91 Å². The van der Waals surface area contributed by atoms with Gasteiger partial charge in [-0.3, -0.25) is 4.79 Å². The van der Waals surface area contributed by atoms with Crippen LogP contribution < -0.4 is 5.32 Å². The molecule has 2 heterocycles. The van der Waals surface area contributed by atoms with Gasteiger partial charge in [-0.1, -0.05) is 18.2 Å². The Morgan fingerprint density at radius 2 is 2.10 bits per heavy atom. The summed E-state index contributed by atoms with van der Waals surface area (Å²) < 4.78 is 7.13. The van der Waals surface area contributed by atoms with Crippen LogP contribution in [0.3, 0.4) is 0 Å². The number of para-hydroxylation sites is 1. The number of carbonyl (C=O) groups is 1. The van der Waals surface area contributed by atoms with E-state index in [1.807, 2.05) is 36.4 Å². The average molecular weight is 475 g/mol. The lowest BCUT2D eigenvalue weighted by Gasteiger charge is -1.94. The number of carbonyl (C=O) groups excluding carboxylic acids is 1. The normalized spacial score (nSPS) is 18.5. The number of aliphatic imine (C=N–C) groups is 1. The SMILES string of the molecule is O=C1NC(=Nc2ccccc2)S/C1=C\c1cc(Br)c(I)o1. The molecule has 0 radical (unpaired) electrons. The maximum absolute atomic E-state index is 11.9. The lowest BCUT2D eigenvalue weighted by Crippen LogP contribution is -2.19. The van der Waals surface area contributed by atoms with Crippen LogP contribution in [-0.4, -0.2) is 11.1 Å². The second-order valence-corrected chi connectivity index (χ2v) is 6.95. The summed E-state index contributed by atoms with van der Waals surface area (Å²) in [5, 5.41) is 3.31. The molecule has 4 nitrogen and oxygen atoms in total. The predicted molar refractivity (Wildman–Crippen MR) is 96.4 cm³/mol. The highest BCUT2D eigenvalue weighted by atomic mass is 127. The summed E-state index contributed by atoms with van der Waals surface area (Å²) in [5.74, 6) is 0.460. The molecule has 1 aliphatic rings. The molecular formula is C14H8BrIN2O2S. The first kappa shape index (κ1) is 14.9. The molecule has 0 spiro atoms. The molecule has 2 aromatic rings. The van der Waals surface area contributed by atoms with Gasteiger partial charge >= 0.3 is 0 Å². The number of furan rings is 1. The summed E-state index contributed by atoms with van der Waals surface area (Å²) in [5.41, 5.74) is 0.803. The van der Waals surface area contributed by atoms with Crippen LogP contribution in [0.2, 0.25) is 0 Å². The van der Waals surface area contributed by atoms with Crippen LogP contribution in [0.1, 0.15) is 5.76 Å². The lowest BCUT2D eigenvalue weighted by molar-refractivity contribution is -0.115. The third-order valence-electron chi connectivity index (χ3n) is 2.58. The third-order valence-corrected chi connectivity index (χ3v) is 5.62. The fourth-order valence-electron chi connectivity index (χ4n) is 1.66. The van der Waals surface area contributed by atoms with Gasteiger partial charge in [0.1, 0.15) is 5.76 Å². The standard InChI is InChI=1S/C14H8BrIN2O2S/c15-10-6-9(20-12(10)16)7-11-13(19)18-14(21-11)17-8-4-2-1-3-5-8/h1-7H,(H,17,18,19)/b11-7-. The molecule has 106 valence electrons. The molecule has 3 rings (SSSR count). The maximum atomic E-state index is 11.9. The average Bonchev–Trinajstić information content (AvgIpc) is 2.95. The van der Waals surface area contributed by atoms with Crippen molar-refractivity contribution in [1.82, 2.24) is 5.32 Å². The summed E-state index contributed by atoms with van der Waals surface area (Å²) in [6, 6.07) is 11.3. The van der Waals surface area contributed by atoms with E-state index in [4.69, 9.17) is 4.42 Å². The van der Waals surface area contributed by atoms with E-state index in [1.54, 1.807) is 6.08 Å². The van der Waals surface area contributed by atoms with Gasteiger partial charge in [-0.2, -0.15) is 0 Å². The van der Waals surface area contributed by atoms with Crippen molar-refractivity contribution >= 4 is 73.1 Å². The van der Waals surface area contributed by atoms with Gasteiger partial charge in [-0.05, 0) is 45.9 Å². The molecule has 1 aromatic carbocycles. The van der Waals surface area contributed by atoms with Gasteiger partial charge in [0.15, 0.2) is 8.93 Å². The summed E-state index contributed by atoms with van der Waals surface area (Å²) in [7, 11) is 0. The van der Waals surface area contributed by atoms with Crippen LogP contribution in [0.15, 0.2) is 55.2 Å². The Kier molecular flexibility index (Phi) is 4.51. The number of halogens is 2. The topological polar surface area (TPSA) is 54.6 Å². The Labute approximate surface area is 147 Å². The number of rotatable bonds is 2. The van der Waals surface area contributed by atoms with E-state index in [0.29, 0.717) is 15.8 Å². The van der Waals surface area contributed by atoms with Gasteiger partial charge < -0.3 is 9.73 Å². The molecule has 0 bridgehead atoms. The van der Waals surface area contributed by atoms with Crippen molar-refractivity contribution in [3.8, 4) is 0 Å². The van der Waals surface area contributed by atoms with Gasteiger partial charge in [-0.15, -0.1) is 0 Å². The number of nitrogens with one attached hydrogen (secondary N) is 1. The van der Waals surface area contributed by atoms with Gasteiger partial charge in [0.25, 0.3) is 5.91 Å². The van der Waals surface area contributed by atoms with Gasteiger partial charge in [0.05, 0.1) is 15.1 Å². The molecule has 0 atom stereocenters. The highest BCUT2D eigenvalue weighted by Crippen LogP contribution is 2.30. The molecular weight excluding hydrogens is 467 g/mol. The minimum atomic E-state index is -0.169. The van der Waals surface area contributed by atoms with Crippen molar-refractivity contribution in [2.24, 2.45) is 4.99 Å². The number of amides is 1. The van der Waals surface area contributed by atoms with Crippen LogP contribution in [0.5, 0.6) is 0 Å². The van der Waals surface area contributed by atoms with Crippen molar-refractivity contribution in [3.63, 3.8) is 0 Å². The van der Waals surface area contributed by atoms with Crippen LogP contribution >= 0.6 is 50.3 Å². The van der Waals surface area contributed by atoms with Gasteiger partial charge in [-0.25, -0.2) is 4.99 Å². The second-order valence-electron chi connectivity index (χ2n) is 4.09. The van der Waals surface area contributed by atoms with Crippen LogP contribution in [0.4, 0.5) is 5.69 Å². The fraction of sp³-hybridized carbons (Fsp3) is 0. The molecule has 0 saturated carbocycles. The summed E-state index contributed by atoms with van der Waals surface area (Å²) in [6.07, 6.45) is 1.71. The number of amidine groups is 1. The molecule has 1 saturated heterocycles. The number of nitrogens with zero attached hydrogens (tertiary/aromatic N) is 1. The number of benzene rings is 1. The summed E-state index contributed by atoms with van der Waals surface area (Å²) in [4.78, 5) is 16.9. The Morgan fingerprint density at radius 3 is 2.76 bits per heavy atom. The van der Waals surface area contributed by atoms with Crippen LogP contribution in [-0.2, 0) is 4.79 Å². The fourth-order valence-corrected chi connectivity index (χ4v) is 3.20. The molecule has 1 aromatic heterocycles. The first-order valence-corrected chi connectivity index (χ1v) is 8.60. The highest BCUT2D eigenvalue weighted by Gasteiger charge is 2.24. The van der Waals surface area contributed by atoms with Crippen LogP contribution in [0, 0.1) is 3.77 Å². The minimum absolute atomic E-state index is 0.169. The van der Waals surface area contributed by atoms with Crippen molar-refractivity contribution in [2.45, 2.75) is 0 Å². The van der Waals surface area contributed by atoms with E-state index >= 15 is 0 Å². The van der Waals surface area contributed by atoms with Crippen molar-refractivity contribution in [1.29, 1.82) is 0 Å². The monoisotopic (exact) mass is 474 g/mol. The van der Waals surface area contributed by atoms with Crippen molar-refractivity contribution in [2.75, 3.05) is 0 Å². The Bertz CT molecular complexity index is 736. The molecule has 21 heavy (non-hydrogen) atoms. The summed E-state index contributed by atoms with van der Waals surface area (Å²) in [6.45, 7) is 0. The quantitative estimate of drug-likeness (QED) is 0.513. The third kappa shape index (κ3) is 3.58. The molecule has 0 aliphatic carbocycles. The Morgan fingerprint density at radius 1 is 1.33 bits per heavy atom. The largest absolute Gasteiger partial charge is 0.450 e. The number of hydrogen-bond acceptors (Lipinski definition) is 4. The van der Waals surface area contributed by atoms with E-state index in [0.717, 1.165) is 13.9 Å². The predicted octanol–water partition coefficient (Wildman–Crippen LogP) is 4.54. The molecule has 7 heteroatoms. The Hall–Kier alpha value is -1.06. The Balaban J connectivity index is 1.83. The molecule has 1 N–H and O–H groups in total. The van der Waals surface area contributed by atoms with E-state index in [9.17, 15) is 4.79 Å². The first-order valence-electron chi connectivity index (χ1n) is 5.91. The zero-order valence-electron chi connectivity index (χ0n) is 10.5. The van der Waals surface area contributed by atoms with Crippen molar-refractivity contribution < 1.29 is 9.21 Å². The zero-order valence-corrected chi connectivity index (χ0v) is 15.0. The molecule has 1 fully saturated rings. The van der Waals surface area contributed by atoms with E-state index in [1.165, 1.54) is 11.8 Å². The molecule has 0 unspecified atom stereocenters. The van der Waals surface area contributed by atoms with Crippen LogP contribution in [0.25, 0.3) is 6.08 Å². The number of hydrogen-bond donors (Lipinski definition) is 1. The molecule has 1 aliphatic heterocycles. The first-order chi connectivity index (χ1) is 10.1. The minimum Gasteiger partial charge on any atom is -0.450 e. The smallest absolute Gasteiger partial charge is 0.264 e. The van der Waals surface area contributed by atoms with Gasteiger partial charge in [0, 0.05) is 28.7 Å². The summed E-state index contributed by atoms with van der Waals surface area (Å²) >= 11 is 6.75. The van der Waals surface area contributed by atoms with Crippen molar-refractivity contribution in [3.05, 3.63) is 55.3 Å². The van der Waals surface area contributed by atoms with Gasteiger partial charge in [0.2, 0.25) is 0 Å². The van der Waals surface area contributed by atoms with E-state index < -0.39 is 0 Å². The molecule has 1 amide bonds. The zero-order chi connectivity index (χ0) is 14.8.